The molecule has 3 aliphatic rings. The Balaban J connectivity index is 0.000000663. The van der Waals surface area contributed by atoms with Crippen LogP contribution in [0.25, 0.3) is 0 Å². The number of aryl methyl sites for hydroxylation is 1. The molecule has 9 nitrogen and oxygen atoms in total. The number of nitrogens with zero attached hydrogens (tertiary/aromatic N) is 2. The number of aromatic amines is 1. The van der Waals surface area contributed by atoms with Crippen molar-refractivity contribution in [3.05, 3.63) is 33.2 Å². The van der Waals surface area contributed by atoms with Gasteiger partial charge in [-0.25, -0.2) is 8.78 Å². The van der Waals surface area contributed by atoms with E-state index in [-0.39, 0.29) is 36.7 Å². The predicted molar refractivity (Wildman–Crippen MR) is 160 cm³/mol. The van der Waals surface area contributed by atoms with Gasteiger partial charge >= 0.3 is 12.1 Å². The molecule has 4 N–H and O–H groups in total. The fourth-order valence-electron chi connectivity index (χ4n) is 5.20. The molecule has 4 rings (SSSR count). The molecule has 45 heavy (non-hydrogen) atoms. The number of amides is 2. The first kappa shape index (κ1) is 41.2. The summed E-state index contributed by atoms with van der Waals surface area (Å²) in [6.07, 6.45) is 3.65. The number of rotatable bonds is 4. The Kier molecular flexibility index (Phi) is 15.1. The second-order valence-corrected chi connectivity index (χ2v) is 12.8. The number of alkyl halides is 5. The molecule has 252 valence electrons. The van der Waals surface area contributed by atoms with E-state index in [1.165, 1.54) is 6.07 Å². The zero-order chi connectivity index (χ0) is 35.6. The van der Waals surface area contributed by atoms with Crippen LogP contribution in [0.5, 0.6) is 0 Å². The highest BCUT2D eigenvalue weighted by Crippen LogP contribution is 2.62. The number of fused-ring (bicyclic) bond motifs is 2. The van der Waals surface area contributed by atoms with Gasteiger partial charge in [-0.05, 0) is 47.8 Å². The van der Waals surface area contributed by atoms with Gasteiger partial charge in [-0.2, -0.15) is 18.4 Å². The fourth-order valence-corrected chi connectivity index (χ4v) is 5.20. The van der Waals surface area contributed by atoms with Crippen LogP contribution in [-0.2, 0) is 33.6 Å². The number of terminal acetylenes is 1. The number of aromatic nitrogens is 1. The molecule has 2 unspecified atom stereocenters. The largest absolute Gasteiger partial charge is 0.470 e. The van der Waals surface area contributed by atoms with Crippen LogP contribution >= 0.6 is 0 Å². The summed E-state index contributed by atoms with van der Waals surface area (Å²) < 4.78 is 58.8. The van der Waals surface area contributed by atoms with Crippen LogP contribution < -0.4 is 16.6 Å². The summed E-state index contributed by atoms with van der Waals surface area (Å²) in [6, 6.07) is 3.03. The third-order valence-electron chi connectivity index (χ3n) is 7.85. The molecule has 2 amide bonds. The average Bonchev–Trinajstić information content (AvgIpc) is 3.25. The SMILES string of the molecule is C#C.C=O.CC(C)(C)CC(=O)N1CC2[C@H](C1)C2(C)C.CNC(C#N)Cc1cc2c([nH]c1=O)CCC(F)(F)C2.NC(=O)C(F)(F)F. The van der Waals surface area contributed by atoms with E-state index in [0.29, 0.717) is 34.6 Å². The van der Waals surface area contributed by atoms with Crippen molar-refractivity contribution in [1.29, 1.82) is 5.26 Å². The van der Waals surface area contributed by atoms with Crippen molar-refractivity contribution in [3.8, 4) is 18.9 Å². The van der Waals surface area contributed by atoms with Gasteiger partial charge in [-0.3, -0.25) is 14.4 Å². The van der Waals surface area contributed by atoms with Gasteiger partial charge in [0.15, 0.2) is 0 Å². The van der Waals surface area contributed by atoms with Gasteiger partial charge in [-0.15, -0.1) is 12.8 Å². The standard InChI is InChI=1S/C13H15F2N3O.C13H23NO.C2H2F3NO.C2H2.CH2O/c1-17-10(7-16)5-8-4-9-6-13(14,15)3-2-11(9)18-12(8)19;1-12(2,3)6-11(15)14-7-9-10(8-14)13(9,4)5;3-2(4,5)1(6)7;2*1-2/h4,10,17H,2-3,5-6H2,1H3,(H,18,19);9-10H,6-8H2,1-5H3;(H2,6,7);1-2H;1H2/t;9-,10?;;;/m.0.../s1. The number of hydrogen-bond donors (Lipinski definition) is 3. The number of piperidine rings is 1. The highest BCUT2D eigenvalue weighted by atomic mass is 19.4. The number of nitriles is 1. The minimum absolute atomic E-state index is 0.124. The van der Waals surface area contributed by atoms with E-state index in [4.69, 9.17) is 14.9 Å². The predicted octanol–water partition coefficient (Wildman–Crippen LogP) is 3.79. The van der Waals surface area contributed by atoms with Crippen molar-refractivity contribution in [1.82, 2.24) is 15.2 Å². The van der Waals surface area contributed by atoms with Gasteiger partial charge in [0.25, 0.3) is 11.5 Å². The van der Waals surface area contributed by atoms with Crippen molar-refractivity contribution in [2.24, 2.45) is 28.4 Å². The van der Waals surface area contributed by atoms with Crippen LogP contribution in [0.4, 0.5) is 22.0 Å². The number of nitrogens with two attached hydrogens (primary N) is 1. The van der Waals surface area contributed by atoms with Gasteiger partial charge in [-0.1, -0.05) is 34.6 Å². The second kappa shape index (κ2) is 16.5. The molecule has 1 saturated carbocycles. The van der Waals surface area contributed by atoms with Crippen molar-refractivity contribution < 1.29 is 36.3 Å². The van der Waals surface area contributed by atoms with E-state index >= 15 is 0 Å². The molecule has 14 heteroatoms. The molecule has 0 aromatic carbocycles. The lowest BCUT2D eigenvalue weighted by Gasteiger charge is -2.26. The van der Waals surface area contributed by atoms with Gasteiger partial charge in [0.2, 0.25) is 5.91 Å². The highest BCUT2D eigenvalue weighted by Gasteiger charge is 2.62. The average molecular weight is 646 g/mol. The monoisotopic (exact) mass is 645 g/mol. The molecule has 1 aromatic rings. The minimum atomic E-state index is -4.86. The number of likely N-dealkylation sites (N-methyl/N-ethyl adjacent to an activating group) is 1. The Morgan fingerprint density at radius 2 is 1.69 bits per heavy atom. The number of primary amides is 1. The highest BCUT2D eigenvalue weighted by molar-refractivity contribution is 5.79. The number of hydrogen-bond acceptors (Lipinski definition) is 6. The zero-order valence-electron chi connectivity index (χ0n) is 26.6. The summed E-state index contributed by atoms with van der Waals surface area (Å²) in [5.41, 5.74) is 5.60. The number of carbonyl (C=O) groups excluding carboxylic acids is 3. The van der Waals surface area contributed by atoms with E-state index in [0.717, 1.165) is 24.9 Å². The number of halogens is 5. The van der Waals surface area contributed by atoms with Crippen molar-refractivity contribution in [2.45, 2.75) is 84.9 Å². The summed E-state index contributed by atoms with van der Waals surface area (Å²) in [6.45, 7) is 15.1. The van der Waals surface area contributed by atoms with E-state index in [1.54, 1.807) is 7.05 Å². The maximum absolute atomic E-state index is 13.4. The van der Waals surface area contributed by atoms with Crippen LogP contribution in [0.2, 0.25) is 0 Å². The first-order chi connectivity index (χ1) is 20.6. The molecule has 0 spiro atoms. The van der Waals surface area contributed by atoms with Gasteiger partial charge in [0.1, 0.15) is 6.79 Å². The fraction of sp³-hybridized carbons (Fsp3) is 0.645. The van der Waals surface area contributed by atoms with Gasteiger partial charge in [0, 0.05) is 50.0 Å². The maximum atomic E-state index is 13.4. The summed E-state index contributed by atoms with van der Waals surface area (Å²) in [5.74, 6) is -3.05. The summed E-state index contributed by atoms with van der Waals surface area (Å²) in [4.78, 5) is 45.7. The number of H-pyrrole nitrogens is 1. The Bertz CT molecular complexity index is 1260. The van der Waals surface area contributed by atoms with Crippen LogP contribution in [-0.4, -0.2) is 66.8 Å². The molecular formula is C31H44F5N5O4. The molecule has 1 aromatic heterocycles. The Morgan fingerprint density at radius 3 is 2.09 bits per heavy atom. The third-order valence-corrected chi connectivity index (χ3v) is 7.85. The third kappa shape index (κ3) is 12.6. The number of pyridine rings is 1. The molecule has 1 aliphatic heterocycles. The first-order valence-electron chi connectivity index (χ1n) is 14.1. The molecule has 2 fully saturated rings. The van der Waals surface area contributed by atoms with Crippen LogP contribution in [0.15, 0.2) is 10.9 Å². The number of likely N-dealkylation sites (tertiary alicyclic amines) is 1. The lowest BCUT2D eigenvalue weighted by molar-refractivity contribution is -0.169. The molecule has 1 saturated heterocycles. The van der Waals surface area contributed by atoms with E-state index in [2.05, 4.69) is 68.4 Å². The van der Waals surface area contributed by atoms with Gasteiger partial charge < -0.3 is 25.7 Å². The molecule has 2 heterocycles. The molecule has 2 aliphatic carbocycles. The number of nitrogens with one attached hydrogen (secondary N) is 2. The van der Waals surface area contributed by atoms with Crippen LogP contribution in [0.3, 0.4) is 0 Å². The van der Waals surface area contributed by atoms with Crippen molar-refractivity contribution in [3.63, 3.8) is 0 Å². The zero-order valence-corrected chi connectivity index (χ0v) is 26.6. The molecule has 3 atom stereocenters. The Labute approximate surface area is 261 Å². The summed E-state index contributed by atoms with van der Waals surface area (Å²) in [5, 5.41) is 11.6. The topological polar surface area (TPSA) is 149 Å². The minimum Gasteiger partial charge on any atom is -0.362 e. The lowest BCUT2D eigenvalue weighted by atomic mass is 9.91. The lowest BCUT2D eigenvalue weighted by Crippen LogP contribution is -2.35. The molecule has 0 radical (unpaired) electrons. The van der Waals surface area contributed by atoms with Crippen LogP contribution in [0.1, 0.15) is 64.3 Å². The van der Waals surface area contributed by atoms with Crippen molar-refractivity contribution in [2.75, 3.05) is 20.1 Å². The Hall–Kier alpha value is -3.78. The smallest absolute Gasteiger partial charge is 0.362 e. The van der Waals surface area contributed by atoms with Gasteiger partial charge in [0.05, 0.1) is 12.1 Å². The van der Waals surface area contributed by atoms with E-state index < -0.39 is 24.0 Å². The normalized spacial score (nSPS) is 20.6. The molecular weight excluding hydrogens is 601 g/mol. The maximum Gasteiger partial charge on any atom is 0.470 e. The van der Waals surface area contributed by atoms with E-state index in [9.17, 15) is 31.5 Å². The molecule has 0 bridgehead atoms. The van der Waals surface area contributed by atoms with Crippen molar-refractivity contribution >= 4 is 18.6 Å². The Morgan fingerprint density at radius 1 is 1.20 bits per heavy atom. The number of carbonyl (C=O) groups is 3. The second-order valence-electron chi connectivity index (χ2n) is 12.8. The summed E-state index contributed by atoms with van der Waals surface area (Å²) in [7, 11) is 1.62. The quantitative estimate of drug-likeness (QED) is 0.335. The summed E-state index contributed by atoms with van der Waals surface area (Å²) >= 11 is 0. The first-order valence-corrected chi connectivity index (χ1v) is 14.1. The van der Waals surface area contributed by atoms with Crippen LogP contribution in [0, 0.1) is 46.8 Å². The van der Waals surface area contributed by atoms with E-state index in [1.807, 2.05) is 12.9 Å².